The Kier molecular flexibility index (Phi) is 3.15. The summed E-state index contributed by atoms with van der Waals surface area (Å²) >= 11 is 1.54. The van der Waals surface area contributed by atoms with Crippen molar-refractivity contribution < 1.29 is 5.11 Å². The van der Waals surface area contributed by atoms with E-state index in [4.69, 9.17) is 10.5 Å². The molecule has 0 saturated heterocycles. The summed E-state index contributed by atoms with van der Waals surface area (Å²) in [7, 11) is 0. The third-order valence-corrected chi connectivity index (χ3v) is 4.24. The zero-order valence-electron chi connectivity index (χ0n) is 11.3. The largest absolute Gasteiger partial charge is 0.395 e. The monoisotopic (exact) mass is 289 g/mol. The van der Waals surface area contributed by atoms with Crippen LogP contribution in [0.4, 0.5) is 0 Å². The Hall–Kier alpha value is -1.99. The number of thiazole rings is 1. The molecule has 0 fully saturated rings. The number of aliphatic hydroxyl groups excluding tert-OH is 1. The molecule has 0 aliphatic heterocycles. The fourth-order valence-electron chi connectivity index (χ4n) is 2.36. The molecule has 0 aliphatic carbocycles. The number of hydrogen-bond donors (Lipinski definition) is 2. The second-order valence-corrected chi connectivity index (χ2v) is 5.44. The first-order valence-electron chi connectivity index (χ1n) is 6.27. The molecule has 0 aliphatic rings. The number of fused-ring (bicyclic) bond motifs is 1. The molecule has 0 radical (unpaired) electrons. The number of nitrogens with zero attached hydrogens (tertiary/aromatic N) is 4. The predicted molar refractivity (Wildman–Crippen MR) is 77.1 cm³/mol. The average Bonchev–Trinajstić information content (AvgIpc) is 3.02. The zero-order valence-corrected chi connectivity index (χ0v) is 12.1. The SMILES string of the molecule is Cc1c(C)n(-c2nccs2)c2ncn(CCO)c(=N)c12. The van der Waals surface area contributed by atoms with Crippen LogP contribution >= 0.6 is 11.3 Å². The van der Waals surface area contributed by atoms with Gasteiger partial charge in [-0.05, 0) is 19.4 Å². The fraction of sp³-hybridized carbons (Fsp3) is 0.308. The second-order valence-electron chi connectivity index (χ2n) is 4.57. The van der Waals surface area contributed by atoms with Gasteiger partial charge in [-0.15, -0.1) is 11.3 Å². The molecule has 3 aromatic rings. The van der Waals surface area contributed by atoms with Crippen LogP contribution in [0.1, 0.15) is 11.3 Å². The van der Waals surface area contributed by atoms with Crippen molar-refractivity contribution in [3.05, 3.63) is 34.6 Å². The Morgan fingerprint density at radius 3 is 2.80 bits per heavy atom. The van der Waals surface area contributed by atoms with Crippen LogP contribution in [0, 0.1) is 19.3 Å². The minimum atomic E-state index is -0.00501. The molecule has 20 heavy (non-hydrogen) atoms. The molecule has 0 atom stereocenters. The van der Waals surface area contributed by atoms with E-state index in [2.05, 4.69) is 9.97 Å². The quantitative estimate of drug-likeness (QED) is 0.764. The Balaban J connectivity index is 2.37. The van der Waals surface area contributed by atoms with Crippen LogP contribution in [-0.2, 0) is 6.54 Å². The molecular weight excluding hydrogens is 274 g/mol. The lowest BCUT2D eigenvalue weighted by Crippen LogP contribution is -2.22. The van der Waals surface area contributed by atoms with Gasteiger partial charge in [-0.2, -0.15) is 0 Å². The van der Waals surface area contributed by atoms with Crippen molar-refractivity contribution in [2.75, 3.05) is 6.61 Å². The number of nitrogens with one attached hydrogen (secondary N) is 1. The van der Waals surface area contributed by atoms with E-state index in [1.165, 1.54) is 0 Å². The highest BCUT2D eigenvalue weighted by Crippen LogP contribution is 2.25. The third-order valence-electron chi connectivity index (χ3n) is 3.48. The van der Waals surface area contributed by atoms with Gasteiger partial charge in [-0.25, -0.2) is 9.97 Å². The van der Waals surface area contributed by atoms with Crippen molar-refractivity contribution in [3.8, 4) is 5.13 Å². The van der Waals surface area contributed by atoms with Crippen molar-refractivity contribution in [3.63, 3.8) is 0 Å². The van der Waals surface area contributed by atoms with Gasteiger partial charge in [-0.3, -0.25) is 9.98 Å². The Bertz CT molecular complexity index is 816. The van der Waals surface area contributed by atoms with Crippen molar-refractivity contribution in [1.82, 2.24) is 19.1 Å². The molecule has 0 spiro atoms. The van der Waals surface area contributed by atoms with Crippen LogP contribution in [0.5, 0.6) is 0 Å². The van der Waals surface area contributed by atoms with E-state index >= 15 is 0 Å². The number of aromatic nitrogens is 4. The molecule has 0 bridgehead atoms. The van der Waals surface area contributed by atoms with Gasteiger partial charge < -0.3 is 9.67 Å². The van der Waals surface area contributed by atoms with Gasteiger partial charge in [0, 0.05) is 23.8 Å². The molecule has 3 aromatic heterocycles. The number of hydrogen-bond acceptors (Lipinski definition) is 5. The number of aliphatic hydroxyl groups is 1. The van der Waals surface area contributed by atoms with Gasteiger partial charge in [0.05, 0.1) is 18.3 Å². The smallest absolute Gasteiger partial charge is 0.195 e. The van der Waals surface area contributed by atoms with Crippen LogP contribution in [0.2, 0.25) is 0 Å². The van der Waals surface area contributed by atoms with Gasteiger partial charge in [0.15, 0.2) is 10.8 Å². The van der Waals surface area contributed by atoms with E-state index in [9.17, 15) is 0 Å². The molecular formula is C13H15N5OS. The van der Waals surface area contributed by atoms with E-state index in [0.717, 1.165) is 27.4 Å². The Morgan fingerprint density at radius 2 is 2.15 bits per heavy atom. The highest BCUT2D eigenvalue weighted by atomic mass is 32.1. The fourth-order valence-corrected chi connectivity index (χ4v) is 3.05. The van der Waals surface area contributed by atoms with Crippen LogP contribution in [0.25, 0.3) is 16.2 Å². The Labute approximate surface area is 119 Å². The maximum atomic E-state index is 9.05. The van der Waals surface area contributed by atoms with Gasteiger partial charge >= 0.3 is 0 Å². The summed E-state index contributed by atoms with van der Waals surface area (Å²) in [4.78, 5) is 8.79. The third kappa shape index (κ3) is 1.78. The standard InChI is InChI=1S/C13H15N5OS/c1-8-9(2)18(13-15-3-6-20-13)12-10(8)11(14)17(4-5-19)7-16-12/h3,6-7,14,19H,4-5H2,1-2H3. The van der Waals surface area contributed by atoms with Crippen molar-refractivity contribution in [1.29, 1.82) is 5.41 Å². The van der Waals surface area contributed by atoms with Crippen molar-refractivity contribution >= 4 is 22.4 Å². The van der Waals surface area contributed by atoms with Gasteiger partial charge in [0.25, 0.3) is 0 Å². The summed E-state index contributed by atoms with van der Waals surface area (Å²) in [6, 6.07) is 0. The number of aryl methyl sites for hydroxylation is 1. The highest BCUT2D eigenvalue weighted by Gasteiger charge is 2.17. The molecule has 0 aromatic carbocycles. The summed E-state index contributed by atoms with van der Waals surface area (Å²) in [5.41, 5.74) is 3.19. The van der Waals surface area contributed by atoms with Gasteiger partial charge in [0.1, 0.15) is 5.49 Å². The van der Waals surface area contributed by atoms with Crippen LogP contribution in [0.15, 0.2) is 17.9 Å². The van der Waals surface area contributed by atoms with Crippen LogP contribution < -0.4 is 5.49 Å². The molecule has 0 unspecified atom stereocenters. The molecule has 3 heterocycles. The van der Waals surface area contributed by atoms with Crippen molar-refractivity contribution in [2.24, 2.45) is 0 Å². The molecule has 7 heteroatoms. The summed E-state index contributed by atoms with van der Waals surface area (Å²) < 4.78 is 3.64. The van der Waals surface area contributed by atoms with Gasteiger partial charge in [-0.1, -0.05) is 0 Å². The lowest BCUT2D eigenvalue weighted by atomic mass is 10.2. The molecule has 104 valence electrons. The van der Waals surface area contributed by atoms with Crippen LogP contribution in [0.3, 0.4) is 0 Å². The first kappa shape index (κ1) is 13.0. The second kappa shape index (κ2) is 4.84. The molecule has 2 N–H and O–H groups in total. The highest BCUT2D eigenvalue weighted by molar-refractivity contribution is 7.12. The van der Waals surface area contributed by atoms with E-state index in [1.54, 1.807) is 28.4 Å². The van der Waals surface area contributed by atoms with E-state index in [0.29, 0.717) is 12.0 Å². The molecule has 3 rings (SSSR count). The summed E-state index contributed by atoms with van der Waals surface area (Å²) in [5, 5.41) is 20.9. The normalized spacial score (nSPS) is 11.3. The van der Waals surface area contributed by atoms with Crippen LogP contribution in [-0.4, -0.2) is 30.8 Å². The average molecular weight is 289 g/mol. The first-order valence-corrected chi connectivity index (χ1v) is 7.15. The molecule has 6 nitrogen and oxygen atoms in total. The van der Waals surface area contributed by atoms with E-state index in [1.807, 2.05) is 23.8 Å². The lowest BCUT2D eigenvalue weighted by Gasteiger charge is -2.06. The summed E-state index contributed by atoms with van der Waals surface area (Å²) in [5.74, 6) is 0. The maximum Gasteiger partial charge on any atom is 0.195 e. The summed E-state index contributed by atoms with van der Waals surface area (Å²) in [6.07, 6.45) is 3.36. The topological polar surface area (TPSA) is 79.7 Å². The summed E-state index contributed by atoms with van der Waals surface area (Å²) in [6.45, 7) is 4.37. The van der Waals surface area contributed by atoms with E-state index < -0.39 is 0 Å². The predicted octanol–water partition coefficient (Wildman–Crippen LogP) is 1.37. The van der Waals surface area contributed by atoms with E-state index in [-0.39, 0.29) is 6.61 Å². The van der Waals surface area contributed by atoms with Crippen molar-refractivity contribution in [2.45, 2.75) is 20.4 Å². The molecule has 0 amide bonds. The minimum absolute atomic E-state index is 0.00501. The zero-order chi connectivity index (χ0) is 14.3. The first-order chi connectivity index (χ1) is 9.65. The lowest BCUT2D eigenvalue weighted by molar-refractivity contribution is 0.273. The molecule has 0 saturated carbocycles. The van der Waals surface area contributed by atoms with Gasteiger partial charge in [0.2, 0.25) is 0 Å². The maximum absolute atomic E-state index is 9.05. The number of rotatable bonds is 3. The minimum Gasteiger partial charge on any atom is -0.395 e. The Morgan fingerprint density at radius 1 is 1.35 bits per heavy atom.